The number of carboxylic acid groups (broad SMARTS) is 1. The zero-order chi connectivity index (χ0) is 24.5. The summed E-state index contributed by atoms with van der Waals surface area (Å²) >= 11 is 0. The van der Waals surface area contributed by atoms with Gasteiger partial charge in [0.25, 0.3) is 11.8 Å². The molecule has 1 heterocycles. The molecule has 3 amide bonds. The topological polar surface area (TPSA) is 142 Å². The normalized spacial score (nSPS) is 11.3. The number of aromatic nitrogens is 2. The number of benzene rings is 2. The summed E-state index contributed by atoms with van der Waals surface area (Å²) in [6, 6.07) is 17.0. The Morgan fingerprint density at radius 3 is 2.21 bits per heavy atom. The van der Waals surface area contributed by atoms with Crippen LogP contribution in [0.4, 0.5) is 4.79 Å². The molecular formula is C24H25N5O5. The van der Waals surface area contributed by atoms with Crippen molar-refractivity contribution in [3.8, 4) is 11.3 Å². The second-order valence-electron chi connectivity index (χ2n) is 7.50. The van der Waals surface area contributed by atoms with Gasteiger partial charge in [-0.05, 0) is 5.56 Å². The molecule has 34 heavy (non-hydrogen) atoms. The number of aryl methyl sites for hydroxylation is 1. The predicted molar refractivity (Wildman–Crippen MR) is 124 cm³/mol. The molecule has 10 heteroatoms. The molecule has 0 spiro atoms. The maximum atomic E-state index is 13.2. The van der Waals surface area contributed by atoms with E-state index in [1.165, 1.54) is 4.68 Å². The fraction of sp³-hybridized carbons (Fsp3) is 0.208. The smallest absolute Gasteiger partial charge is 0.404 e. The first-order valence-electron chi connectivity index (χ1n) is 10.6. The van der Waals surface area contributed by atoms with Crippen LogP contribution in [0.2, 0.25) is 0 Å². The first kappa shape index (κ1) is 24.2. The van der Waals surface area contributed by atoms with Crippen LogP contribution in [-0.2, 0) is 23.1 Å². The van der Waals surface area contributed by atoms with E-state index in [-0.39, 0.29) is 25.1 Å². The summed E-state index contributed by atoms with van der Waals surface area (Å²) in [5.41, 5.74) is 2.22. The third-order valence-corrected chi connectivity index (χ3v) is 4.94. The Balaban J connectivity index is 1.79. The van der Waals surface area contributed by atoms with Crippen LogP contribution < -0.4 is 16.0 Å². The molecule has 4 N–H and O–H groups in total. The second-order valence-corrected chi connectivity index (χ2v) is 7.50. The molecule has 10 nitrogen and oxygen atoms in total. The van der Waals surface area contributed by atoms with Gasteiger partial charge in [-0.3, -0.25) is 19.1 Å². The van der Waals surface area contributed by atoms with Crippen LogP contribution in [-0.4, -0.2) is 57.7 Å². The van der Waals surface area contributed by atoms with Gasteiger partial charge in [0.15, 0.2) is 0 Å². The fourth-order valence-corrected chi connectivity index (χ4v) is 3.35. The van der Waals surface area contributed by atoms with Crippen molar-refractivity contribution in [3.05, 3.63) is 78.0 Å². The molecule has 176 valence electrons. The Morgan fingerprint density at radius 1 is 0.941 bits per heavy atom. The van der Waals surface area contributed by atoms with E-state index in [1.54, 1.807) is 37.5 Å². The van der Waals surface area contributed by atoms with E-state index >= 15 is 0 Å². The van der Waals surface area contributed by atoms with Gasteiger partial charge in [0.05, 0.1) is 5.56 Å². The molecule has 0 aliphatic rings. The molecule has 0 fully saturated rings. The summed E-state index contributed by atoms with van der Waals surface area (Å²) < 4.78 is 1.51. The van der Waals surface area contributed by atoms with Crippen LogP contribution in [0.25, 0.3) is 11.3 Å². The molecule has 3 aromatic rings. The summed E-state index contributed by atoms with van der Waals surface area (Å²) in [6.07, 6.45) is 0.424. The minimum Gasteiger partial charge on any atom is -0.465 e. The molecule has 0 radical (unpaired) electrons. The number of carbonyl (C=O) groups is 4. The first-order valence-corrected chi connectivity index (χ1v) is 10.6. The third-order valence-electron chi connectivity index (χ3n) is 4.94. The van der Waals surface area contributed by atoms with Crippen LogP contribution in [0.1, 0.15) is 15.9 Å². The quantitative estimate of drug-likeness (QED) is 0.264. The van der Waals surface area contributed by atoms with Crippen LogP contribution in [0, 0.1) is 0 Å². The summed E-state index contributed by atoms with van der Waals surface area (Å²) in [7, 11) is 1.69. The van der Waals surface area contributed by atoms with Crippen molar-refractivity contribution < 1.29 is 24.3 Å². The van der Waals surface area contributed by atoms with E-state index in [9.17, 15) is 19.2 Å². The number of rotatable bonds is 10. The Bertz CT molecular complexity index is 1160. The lowest BCUT2D eigenvalue weighted by Crippen LogP contribution is -2.49. The first-order chi connectivity index (χ1) is 16.3. The van der Waals surface area contributed by atoms with Gasteiger partial charge in [-0.15, -0.1) is 0 Å². The molecule has 0 saturated carbocycles. The average molecular weight is 463 g/mol. The molecule has 2 aromatic carbocycles. The standard InChI is InChI=1S/C24H25N5O5/c1-29-15-18(20(28-29)17-10-6-3-7-11-17)22(31)27-19(14-16-8-4-2-5-9-16)21(30)23(32)25-12-13-26-24(33)34/h2-11,15,19,26H,12-14H2,1H3,(H,25,32)(H,27,31)(H,33,34). The van der Waals surface area contributed by atoms with E-state index in [4.69, 9.17) is 5.11 Å². The number of nitrogens with one attached hydrogen (secondary N) is 3. The van der Waals surface area contributed by atoms with Crippen LogP contribution >= 0.6 is 0 Å². The number of hydrogen-bond donors (Lipinski definition) is 4. The highest BCUT2D eigenvalue weighted by molar-refractivity contribution is 6.38. The van der Waals surface area contributed by atoms with E-state index < -0.39 is 29.7 Å². The van der Waals surface area contributed by atoms with Crippen molar-refractivity contribution in [3.63, 3.8) is 0 Å². The monoisotopic (exact) mass is 463 g/mol. The lowest BCUT2D eigenvalue weighted by molar-refractivity contribution is -0.138. The van der Waals surface area contributed by atoms with Crippen LogP contribution in [0.5, 0.6) is 0 Å². The van der Waals surface area contributed by atoms with Gasteiger partial charge < -0.3 is 21.1 Å². The number of carbonyl (C=O) groups excluding carboxylic acids is 3. The minimum atomic E-state index is -1.24. The zero-order valence-corrected chi connectivity index (χ0v) is 18.5. The van der Waals surface area contributed by atoms with Crippen molar-refractivity contribution in [1.82, 2.24) is 25.7 Å². The highest BCUT2D eigenvalue weighted by Gasteiger charge is 2.29. The highest BCUT2D eigenvalue weighted by Crippen LogP contribution is 2.21. The van der Waals surface area contributed by atoms with Crippen LogP contribution in [0.15, 0.2) is 66.9 Å². The maximum absolute atomic E-state index is 13.2. The maximum Gasteiger partial charge on any atom is 0.404 e. The van der Waals surface area contributed by atoms with Crippen molar-refractivity contribution in [1.29, 1.82) is 0 Å². The van der Waals surface area contributed by atoms with Crippen molar-refractivity contribution >= 4 is 23.7 Å². The van der Waals surface area contributed by atoms with E-state index in [1.807, 2.05) is 36.4 Å². The van der Waals surface area contributed by atoms with Crippen molar-refractivity contribution in [2.75, 3.05) is 13.1 Å². The Hall–Kier alpha value is -4.47. The summed E-state index contributed by atoms with van der Waals surface area (Å²) in [5, 5.41) is 20.1. The predicted octanol–water partition coefficient (Wildman–Crippen LogP) is 1.38. The van der Waals surface area contributed by atoms with Crippen LogP contribution in [0.3, 0.4) is 0 Å². The van der Waals surface area contributed by atoms with Gasteiger partial charge in [0.1, 0.15) is 11.7 Å². The molecule has 3 rings (SSSR count). The van der Waals surface area contributed by atoms with Gasteiger partial charge in [-0.2, -0.15) is 5.10 Å². The van der Waals surface area contributed by atoms with Crippen molar-refractivity contribution in [2.45, 2.75) is 12.5 Å². The SMILES string of the molecule is Cn1cc(C(=O)NC(Cc2ccccc2)C(=O)C(=O)NCCNC(=O)O)c(-c2ccccc2)n1. The lowest BCUT2D eigenvalue weighted by Gasteiger charge is -2.18. The van der Waals surface area contributed by atoms with Gasteiger partial charge in [-0.1, -0.05) is 60.7 Å². The molecule has 0 bridgehead atoms. The fourth-order valence-electron chi connectivity index (χ4n) is 3.35. The third kappa shape index (κ3) is 6.52. The van der Waals surface area contributed by atoms with E-state index in [0.717, 1.165) is 11.1 Å². The van der Waals surface area contributed by atoms with Crippen molar-refractivity contribution in [2.24, 2.45) is 7.05 Å². The summed E-state index contributed by atoms with van der Waals surface area (Å²) in [6.45, 7) is -0.121. The molecule has 1 unspecified atom stereocenters. The summed E-state index contributed by atoms with van der Waals surface area (Å²) in [5.74, 6) is -2.29. The van der Waals surface area contributed by atoms with E-state index in [0.29, 0.717) is 5.69 Å². The molecule has 1 atom stereocenters. The molecule has 0 aliphatic carbocycles. The van der Waals surface area contributed by atoms with Gasteiger partial charge in [0, 0.05) is 38.3 Å². The van der Waals surface area contributed by atoms with Gasteiger partial charge in [0.2, 0.25) is 5.78 Å². The molecule has 1 aromatic heterocycles. The number of hydrogen-bond acceptors (Lipinski definition) is 5. The Kier molecular flexibility index (Phi) is 8.11. The van der Waals surface area contributed by atoms with Gasteiger partial charge >= 0.3 is 6.09 Å². The zero-order valence-electron chi connectivity index (χ0n) is 18.5. The van der Waals surface area contributed by atoms with Gasteiger partial charge in [-0.25, -0.2) is 4.79 Å². The molecule has 0 aliphatic heterocycles. The largest absolute Gasteiger partial charge is 0.465 e. The highest BCUT2D eigenvalue weighted by atomic mass is 16.4. The van der Waals surface area contributed by atoms with E-state index in [2.05, 4.69) is 21.0 Å². The number of Topliss-reactive ketones (excluding diaryl/α,β-unsaturated/α-hetero) is 1. The number of nitrogens with zero attached hydrogens (tertiary/aromatic N) is 2. The lowest BCUT2D eigenvalue weighted by atomic mass is 10.0. The minimum absolute atomic E-state index is 0.0554. The number of amides is 3. The molecular weight excluding hydrogens is 438 g/mol. The Labute approximate surface area is 196 Å². The Morgan fingerprint density at radius 2 is 1.56 bits per heavy atom. The second kappa shape index (κ2) is 11.4. The number of ketones is 1. The molecule has 0 saturated heterocycles. The average Bonchev–Trinajstić information content (AvgIpc) is 3.23. The summed E-state index contributed by atoms with van der Waals surface area (Å²) in [4.78, 5) is 49.1.